The normalized spacial score (nSPS) is 19.3. The summed E-state index contributed by atoms with van der Waals surface area (Å²) >= 11 is 0. The van der Waals surface area contributed by atoms with Gasteiger partial charge < -0.3 is 20.4 Å². The molecule has 1 unspecified atom stereocenters. The number of aromatic nitrogens is 2. The number of likely N-dealkylation sites (N-methyl/N-ethyl adjacent to an activating group) is 1. The van der Waals surface area contributed by atoms with Crippen LogP contribution in [0.2, 0.25) is 0 Å². The summed E-state index contributed by atoms with van der Waals surface area (Å²) in [5.74, 6) is -0.0319. The van der Waals surface area contributed by atoms with Crippen LogP contribution in [0.4, 0.5) is 0 Å². The summed E-state index contributed by atoms with van der Waals surface area (Å²) < 4.78 is 1.66. The SMILES string of the molecule is CCCc1cc(C(=O)N2CCN(C(=O)C(NC(=O)[C@H](C)NC)C3CCCCC3)CC2)n(C)n1. The summed E-state index contributed by atoms with van der Waals surface area (Å²) in [5.41, 5.74) is 1.52. The molecule has 0 radical (unpaired) electrons. The van der Waals surface area contributed by atoms with E-state index in [1.54, 1.807) is 30.6 Å². The van der Waals surface area contributed by atoms with E-state index in [9.17, 15) is 14.4 Å². The van der Waals surface area contributed by atoms with Crippen molar-refractivity contribution in [3.8, 4) is 0 Å². The Labute approximate surface area is 197 Å². The Morgan fingerprint density at radius 1 is 1.09 bits per heavy atom. The lowest BCUT2D eigenvalue weighted by Gasteiger charge is -2.39. The molecule has 1 saturated heterocycles. The fourth-order valence-corrected chi connectivity index (χ4v) is 4.85. The van der Waals surface area contributed by atoms with Gasteiger partial charge in [-0.25, -0.2) is 0 Å². The van der Waals surface area contributed by atoms with Gasteiger partial charge in [-0.05, 0) is 45.2 Å². The highest BCUT2D eigenvalue weighted by Crippen LogP contribution is 2.28. The maximum absolute atomic E-state index is 13.5. The molecule has 2 heterocycles. The van der Waals surface area contributed by atoms with Gasteiger partial charge in [0.2, 0.25) is 11.8 Å². The molecular weight excluding hydrogens is 420 g/mol. The molecule has 9 heteroatoms. The average molecular weight is 461 g/mol. The third kappa shape index (κ3) is 6.13. The van der Waals surface area contributed by atoms with Crippen molar-refractivity contribution >= 4 is 17.7 Å². The first-order chi connectivity index (χ1) is 15.8. The summed E-state index contributed by atoms with van der Waals surface area (Å²) in [6.07, 6.45) is 7.14. The second-order valence-electron chi connectivity index (χ2n) is 9.41. The third-order valence-electron chi connectivity index (χ3n) is 7.05. The van der Waals surface area contributed by atoms with Crippen molar-refractivity contribution in [2.45, 2.75) is 70.9 Å². The van der Waals surface area contributed by atoms with E-state index in [2.05, 4.69) is 22.7 Å². The topological polar surface area (TPSA) is 99.6 Å². The van der Waals surface area contributed by atoms with Gasteiger partial charge in [0, 0.05) is 33.2 Å². The maximum atomic E-state index is 13.5. The van der Waals surface area contributed by atoms with E-state index in [1.165, 1.54) is 6.42 Å². The molecule has 3 amide bonds. The summed E-state index contributed by atoms with van der Waals surface area (Å²) in [6.45, 7) is 5.81. The van der Waals surface area contributed by atoms with Gasteiger partial charge in [-0.1, -0.05) is 32.6 Å². The molecule has 0 aromatic carbocycles. The van der Waals surface area contributed by atoms with Crippen LogP contribution in [-0.2, 0) is 23.1 Å². The number of nitrogens with zero attached hydrogens (tertiary/aromatic N) is 4. The number of hydrogen-bond acceptors (Lipinski definition) is 5. The molecule has 3 rings (SSSR count). The zero-order valence-corrected chi connectivity index (χ0v) is 20.6. The molecule has 9 nitrogen and oxygen atoms in total. The van der Waals surface area contributed by atoms with Gasteiger partial charge in [0.25, 0.3) is 5.91 Å². The molecule has 0 bridgehead atoms. The Balaban J connectivity index is 1.63. The Hall–Kier alpha value is -2.42. The van der Waals surface area contributed by atoms with Gasteiger partial charge in [-0.3, -0.25) is 19.1 Å². The van der Waals surface area contributed by atoms with E-state index >= 15 is 0 Å². The molecule has 1 aromatic rings. The molecule has 33 heavy (non-hydrogen) atoms. The molecular formula is C24H40N6O3. The monoisotopic (exact) mass is 460 g/mol. The molecule has 1 aliphatic carbocycles. The smallest absolute Gasteiger partial charge is 0.272 e. The fourth-order valence-electron chi connectivity index (χ4n) is 4.85. The highest BCUT2D eigenvalue weighted by molar-refractivity contribution is 5.93. The Kier molecular flexibility index (Phi) is 8.88. The Morgan fingerprint density at radius 2 is 1.73 bits per heavy atom. The van der Waals surface area contributed by atoms with Gasteiger partial charge in [-0.2, -0.15) is 5.10 Å². The van der Waals surface area contributed by atoms with Crippen molar-refractivity contribution in [2.24, 2.45) is 13.0 Å². The zero-order chi connectivity index (χ0) is 24.0. The van der Waals surface area contributed by atoms with Crippen LogP contribution in [0.25, 0.3) is 0 Å². The predicted molar refractivity (Wildman–Crippen MR) is 127 cm³/mol. The first kappa shape index (κ1) is 25.2. The highest BCUT2D eigenvalue weighted by atomic mass is 16.2. The lowest BCUT2D eigenvalue weighted by Crippen LogP contribution is -2.59. The summed E-state index contributed by atoms with van der Waals surface area (Å²) in [5, 5.41) is 10.4. The molecule has 2 atom stereocenters. The van der Waals surface area contributed by atoms with Crippen molar-refractivity contribution in [1.82, 2.24) is 30.2 Å². The molecule has 2 fully saturated rings. The number of aryl methyl sites for hydroxylation is 2. The number of amides is 3. The number of rotatable bonds is 8. The number of hydrogen-bond donors (Lipinski definition) is 2. The van der Waals surface area contributed by atoms with Gasteiger partial charge in [0.15, 0.2) is 0 Å². The fraction of sp³-hybridized carbons (Fsp3) is 0.750. The molecule has 1 aliphatic heterocycles. The highest BCUT2D eigenvalue weighted by Gasteiger charge is 2.36. The first-order valence-corrected chi connectivity index (χ1v) is 12.4. The van der Waals surface area contributed by atoms with Crippen LogP contribution in [0, 0.1) is 5.92 Å². The van der Waals surface area contributed by atoms with Crippen LogP contribution in [0.5, 0.6) is 0 Å². The molecule has 2 aliphatic rings. The van der Waals surface area contributed by atoms with Crippen molar-refractivity contribution in [3.05, 3.63) is 17.5 Å². The number of carbonyl (C=O) groups is 3. The molecule has 0 spiro atoms. The summed E-state index contributed by atoms with van der Waals surface area (Å²) in [4.78, 5) is 42.7. The number of nitrogens with one attached hydrogen (secondary N) is 2. The number of piperazine rings is 1. The van der Waals surface area contributed by atoms with E-state index in [0.29, 0.717) is 31.9 Å². The molecule has 2 N–H and O–H groups in total. The quantitative estimate of drug-likeness (QED) is 0.610. The van der Waals surface area contributed by atoms with E-state index in [-0.39, 0.29) is 29.7 Å². The maximum Gasteiger partial charge on any atom is 0.272 e. The van der Waals surface area contributed by atoms with Crippen LogP contribution in [-0.4, -0.2) is 82.6 Å². The minimum Gasteiger partial charge on any atom is -0.343 e. The Bertz CT molecular complexity index is 824. The summed E-state index contributed by atoms with van der Waals surface area (Å²) in [6, 6.07) is 1.03. The zero-order valence-electron chi connectivity index (χ0n) is 20.6. The van der Waals surface area contributed by atoms with Gasteiger partial charge >= 0.3 is 0 Å². The van der Waals surface area contributed by atoms with Gasteiger partial charge in [0.05, 0.1) is 11.7 Å². The van der Waals surface area contributed by atoms with Crippen LogP contribution < -0.4 is 10.6 Å². The largest absolute Gasteiger partial charge is 0.343 e. The third-order valence-corrected chi connectivity index (χ3v) is 7.05. The molecule has 1 saturated carbocycles. The first-order valence-electron chi connectivity index (χ1n) is 12.4. The van der Waals surface area contributed by atoms with E-state index in [4.69, 9.17) is 0 Å². The lowest BCUT2D eigenvalue weighted by molar-refractivity contribution is -0.140. The summed E-state index contributed by atoms with van der Waals surface area (Å²) in [7, 11) is 3.54. The molecule has 184 valence electrons. The second-order valence-corrected chi connectivity index (χ2v) is 9.41. The standard InChI is InChI=1S/C24H40N6O3/c1-5-9-19-16-20(28(4)27-19)23(32)29-12-14-30(15-13-29)24(33)21(18-10-7-6-8-11-18)26-22(31)17(2)25-3/h16-18,21,25H,5-15H2,1-4H3,(H,26,31)/t17-,21?/m0/s1. The van der Waals surface area contributed by atoms with Crippen molar-refractivity contribution in [3.63, 3.8) is 0 Å². The van der Waals surface area contributed by atoms with Gasteiger partial charge in [-0.15, -0.1) is 0 Å². The van der Waals surface area contributed by atoms with Gasteiger partial charge in [0.1, 0.15) is 11.7 Å². The van der Waals surface area contributed by atoms with Crippen LogP contribution in [0.3, 0.4) is 0 Å². The minimum absolute atomic E-state index is 0.0172. The van der Waals surface area contributed by atoms with Crippen LogP contribution in [0.1, 0.15) is 68.6 Å². The van der Waals surface area contributed by atoms with Crippen molar-refractivity contribution < 1.29 is 14.4 Å². The Morgan fingerprint density at radius 3 is 2.33 bits per heavy atom. The number of carbonyl (C=O) groups excluding carboxylic acids is 3. The van der Waals surface area contributed by atoms with E-state index < -0.39 is 6.04 Å². The average Bonchev–Trinajstić information content (AvgIpc) is 3.21. The van der Waals surface area contributed by atoms with Crippen molar-refractivity contribution in [1.29, 1.82) is 0 Å². The lowest BCUT2D eigenvalue weighted by atomic mass is 9.83. The minimum atomic E-state index is -0.496. The molecule has 1 aromatic heterocycles. The second kappa shape index (κ2) is 11.6. The van der Waals surface area contributed by atoms with Crippen LogP contribution in [0.15, 0.2) is 6.07 Å². The van der Waals surface area contributed by atoms with Crippen molar-refractivity contribution in [2.75, 3.05) is 33.2 Å². The van der Waals surface area contributed by atoms with E-state index in [1.807, 2.05) is 11.0 Å². The van der Waals surface area contributed by atoms with E-state index in [0.717, 1.165) is 44.2 Å². The van der Waals surface area contributed by atoms with Crippen LogP contribution >= 0.6 is 0 Å². The predicted octanol–water partition coefficient (Wildman–Crippen LogP) is 1.33.